The summed E-state index contributed by atoms with van der Waals surface area (Å²) in [6.07, 6.45) is 1.32. The van der Waals surface area contributed by atoms with Crippen LogP contribution in [0.15, 0.2) is 66.7 Å². The number of likely N-dealkylation sites (tertiary alicyclic amines) is 1. The summed E-state index contributed by atoms with van der Waals surface area (Å²) >= 11 is 0. The van der Waals surface area contributed by atoms with E-state index < -0.39 is 5.54 Å². The van der Waals surface area contributed by atoms with Crippen molar-refractivity contribution in [3.05, 3.63) is 78.1 Å². The highest BCUT2D eigenvalue weighted by Gasteiger charge is 2.50. The predicted octanol–water partition coefficient (Wildman–Crippen LogP) is 3.14. The first-order valence-electron chi connectivity index (χ1n) is 11.4. The molecule has 0 aliphatic carbocycles. The predicted molar refractivity (Wildman–Crippen MR) is 127 cm³/mol. The van der Waals surface area contributed by atoms with Crippen molar-refractivity contribution in [2.24, 2.45) is 0 Å². The lowest BCUT2D eigenvalue weighted by Crippen LogP contribution is -2.57. The van der Waals surface area contributed by atoms with Crippen LogP contribution in [0.3, 0.4) is 0 Å². The van der Waals surface area contributed by atoms with E-state index in [1.165, 1.54) is 12.1 Å². The molecule has 0 unspecified atom stereocenters. The number of rotatable bonds is 5. The molecule has 6 nitrogen and oxygen atoms in total. The lowest BCUT2D eigenvalue weighted by molar-refractivity contribution is -0.125. The van der Waals surface area contributed by atoms with E-state index in [1.807, 2.05) is 53.4 Å². The van der Waals surface area contributed by atoms with Crippen molar-refractivity contribution in [3.8, 4) is 0 Å². The van der Waals surface area contributed by atoms with Gasteiger partial charge >= 0.3 is 0 Å². The molecule has 2 amide bonds. The van der Waals surface area contributed by atoms with Crippen LogP contribution in [-0.4, -0.2) is 55.1 Å². The molecule has 0 bridgehead atoms. The number of carbonyl (C=O) groups excluding carboxylic acids is 2. The molecular formula is C26H27FN4O2. The zero-order valence-corrected chi connectivity index (χ0v) is 18.4. The first-order chi connectivity index (χ1) is 16.1. The van der Waals surface area contributed by atoms with Gasteiger partial charge < -0.3 is 20.4 Å². The Labute approximate surface area is 192 Å². The largest absolute Gasteiger partial charge is 0.351 e. The monoisotopic (exact) mass is 446 g/mol. The van der Waals surface area contributed by atoms with Crippen LogP contribution in [0.4, 0.5) is 10.1 Å². The Morgan fingerprint density at radius 2 is 1.79 bits per heavy atom. The van der Waals surface area contributed by atoms with Crippen LogP contribution in [0.25, 0.3) is 10.8 Å². The molecule has 2 aliphatic heterocycles. The quantitative estimate of drug-likeness (QED) is 0.632. The second-order valence-electron chi connectivity index (χ2n) is 8.73. The second kappa shape index (κ2) is 8.83. The van der Waals surface area contributed by atoms with E-state index >= 15 is 0 Å². The maximum Gasteiger partial charge on any atom is 0.251 e. The van der Waals surface area contributed by atoms with Crippen molar-refractivity contribution in [2.75, 3.05) is 37.7 Å². The third-order valence-electron chi connectivity index (χ3n) is 6.89. The first-order valence-corrected chi connectivity index (χ1v) is 11.4. The Morgan fingerprint density at radius 1 is 1.03 bits per heavy atom. The molecule has 0 atom stereocenters. The second-order valence-corrected chi connectivity index (χ2v) is 8.73. The number of nitrogens with zero attached hydrogens (tertiary/aromatic N) is 2. The molecule has 33 heavy (non-hydrogen) atoms. The van der Waals surface area contributed by atoms with Crippen molar-refractivity contribution in [1.29, 1.82) is 0 Å². The van der Waals surface area contributed by atoms with Gasteiger partial charge in [-0.05, 0) is 47.9 Å². The summed E-state index contributed by atoms with van der Waals surface area (Å²) < 4.78 is 13.8. The fourth-order valence-electron chi connectivity index (χ4n) is 5.06. The minimum absolute atomic E-state index is 0.00988. The molecule has 0 radical (unpaired) electrons. The van der Waals surface area contributed by atoms with Crippen LogP contribution < -0.4 is 15.5 Å². The van der Waals surface area contributed by atoms with E-state index in [0.717, 1.165) is 29.5 Å². The molecule has 2 saturated heterocycles. The number of piperidine rings is 1. The Morgan fingerprint density at radius 3 is 2.61 bits per heavy atom. The number of anilines is 1. The van der Waals surface area contributed by atoms with E-state index in [9.17, 15) is 14.0 Å². The fraction of sp³-hybridized carbons (Fsp3) is 0.308. The van der Waals surface area contributed by atoms with Gasteiger partial charge in [0.1, 0.15) is 11.4 Å². The summed E-state index contributed by atoms with van der Waals surface area (Å²) in [7, 11) is 0. The third kappa shape index (κ3) is 4.04. The Bertz CT molecular complexity index is 1180. The van der Waals surface area contributed by atoms with Crippen LogP contribution in [0.2, 0.25) is 0 Å². The average Bonchev–Trinajstić information content (AvgIpc) is 3.15. The molecule has 170 valence electrons. The van der Waals surface area contributed by atoms with Crippen molar-refractivity contribution >= 4 is 28.3 Å². The lowest BCUT2D eigenvalue weighted by atomic mass is 9.85. The van der Waals surface area contributed by atoms with E-state index in [-0.39, 0.29) is 17.6 Å². The zero-order chi connectivity index (χ0) is 22.8. The van der Waals surface area contributed by atoms with Crippen LogP contribution in [0, 0.1) is 5.82 Å². The molecule has 5 rings (SSSR count). The molecule has 0 aromatic heterocycles. The minimum Gasteiger partial charge on any atom is -0.351 e. The van der Waals surface area contributed by atoms with Gasteiger partial charge in [-0.3, -0.25) is 9.59 Å². The molecule has 2 fully saturated rings. The maximum atomic E-state index is 13.8. The van der Waals surface area contributed by atoms with Crippen LogP contribution in [0.5, 0.6) is 0 Å². The fourth-order valence-corrected chi connectivity index (χ4v) is 5.06. The van der Waals surface area contributed by atoms with Crippen molar-refractivity contribution in [2.45, 2.75) is 18.4 Å². The van der Waals surface area contributed by atoms with Gasteiger partial charge in [0.05, 0.1) is 6.67 Å². The van der Waals surface area contributed by atoms with Crippen LogP contribution >= 0.6 is 0 Å². The highest BCUT2D eigenvalue weighted by molar-refractivity contribution is 6.07. The van der Waals surface area contributed by atoms with Crippen LogP contribution in [0.1, 0.15) is 23.2 Å². The number of nitrogens with one attached hydrogen (secondary N) is 2. The van der Waals surface area contributed by atoms with Gasteiger partial charge in [-0.15, -0.1) is 0 Å². The molecule has 3 aromatic carbocycles. The van der Waals surface area contributed by atoms with Gasteiger partial charge in [-0.1, -0.05) is 42.5 Å². The van der Waals surface area contributed by atoms with Crippen molar-refractivity contribution in [3.63, 3.8) is 0 Å². The molecule has 1 spiro atoms. The summed E-state index contributed by atoms with van der Waals surface area (Å²) in [5.74, 6) is -0.371. The molecular weight excluding hydrogens is 419 g/mol. The Balaban J connectivity index is 1.18. The topological polar surface area (TPSA) is 64.7 Å². The van der Waals surface area contributed by atoms with E-state index in [4.69, 9.17) is 0 Å². The number of amides is 2. The first kappa shape index (κ1) is 21.4. The van der Waals surface area contributed by atoms with Gasteiger partial charge in [0.25, 0.3) is 5.91 Å². The molecule has 3 aromatic rings. The van der Waals surface area contributed by atoms with E-state index in [2.05, 4.69) is 15.5 Å². The smallest absolute Gasteiger partial charge is 0.251 e. The normalized spacial score (nSPS) is 18.0. The molecule has 2 N–H and O–H groups in total. The third-order valence-corrected chi connectivity index (χ3v) is 6.89. The summed E-state index contributed by atoms with van der Waals surface area (Å²) in [5, 5.41) is 7.97. The minimum atomic E-state index is -0.642. The molecule has 2 heterocycles. The molecule has 7 heteroatoms. The SMILES string of the molecule is O=C(NCCN1CCC2(CC1)C(=O)NCN2c1cccc(F)c1)c1cccc2ccccc12. The Kier molecular flexibility index (Phi) is 5.72. The van der Waals surface area contributed by atoms with E-state index in [1.54, 1.807) is 6.07 Å². The number of hydrogen-bond donors (Lipinski definition) is 2. The van der Waals surface area contributed by atoms with Crippen molar-refractivity contribution < 1.29 is 14.0 Å². The van der Waals surface area contributed by atoms with Crippen LogP contribution in [-0.2, 0) is 4.79 Å². The molecule has 2 aliphatic rings. The summed E-state index contributed by atoms with van der Waals surface area (Å²) in [6.45, 7) is 3.12. The zero-order valence-electron chi connectivity index (χ0n) is 18.4. The van der Waals surface area contributed by atoms with Gasteiger partial charge in [0.15, 0.2) is 0 Å². The molecule has 0 saturated carbocycles. The highest BCUT2D eigenvalue weighted by Crippen LogP contribution is 2.36. The lowest BCUT2D eigenvalue weighted by Gasteiger charge is -2.43. The van der Waals surface area contributed by atoms with Gasteiger partial charge in [-0.25, -0.2) is 4.39 Å². The number of fused-ring (bicyclic) bond motifs is 1. The number of carbonyl (C=O) groups is 2. The highest BCUT2D eigenvalue weighted by atomic mass is 19.1. The number of halogens is 1. The number of benzene rings is 3. The summed E-state index contributed by atoms with van der Waals surface area (Å²) in [6, 6.07) is 20.0. The number of hydrogen-bond acceptors (Lipinski definition) is 4. The van der Waals surface area contributed by atoms with Gasteiger partial charge in [-0.2, -0.15) is 0 Å². The average molecular weight is 447 g/mol. The van der Waals surface area contributed by atoms with Crippen molar-refractivity contribution in [1.82, 2.24) is 15.5 Å². The Hall–Kier alpha value is -3.45. The summed E-state index contributed by atoms with van der Waals surface area (Å²) in [4.78, 5) is 29.8. The van der Waals surface area contributed by atoms with Gasteiger partial charge in [0, 0.05) is 37.4 Å². The summed E-state index contributed by atoms with van der Waals surface area (Å²) in [5.41, 5.74) is 0.763. The maximum absolute atomic E-state index is 13.8. The van der Waals surface area contributed by atoms with Gasteiger partial charge in [0.2, 0.25) is 5.91 Å². The standard InChI is InChI=1S/C26H27FN4O2/c27-20-7-4-8-21(17-20)31-18-29-25(33)26(31)11-14-30(15-12-26)16-13-28-24(32)23-10-3-6-19-5-1-2-9-22(19)23/h1-10,17H,11-16,18H2,(H,28,32)(H,29,33). The van der Waals surface area contributed by atoms with E-state index in [0.29, 0.717) is 38.2 Å².